The van der Waals surface area contributed by atoms with Gasteiger partial charge in [0.25, 0.3) is 0 Å². The molecular formula is C17H14BrCl2FO2. The van der Waals surface area contributed by atoms with Gasteiger partial charge in [-0.05, 0) is 51.3 Å². The summed E-state index contributed by atoms with van der Waals surface area (Å²) in [6.07, 6.45) is 0. The zero-order chi connectivity index (χ0) is 16.8. The van der Waals surface area contributed by atoms with E-state index in [9.17, 15) is 4.39 Å². The standard InChI is InChI=1S/C17H14BrCl2FO2/c1-22-11-5-3-9(4-6-11)14-15(17(14,19)20)10-7-12(21)16(18)13(8-10)23-2/h3-8,14-15H,1-2H3/t14-,15-/m1/s1. The molecule has 2 atom stereocenters. The number of methoxy groups -OCH3 is 2. The van der Waals surface area contributed by atoms with Gasteiger partial charge in [0.1, 0.15) is 21.6 Å². The van der Waals surface area contributed by atoms with Crippen molar-refractivity contribution in [2.24, 2.45) is 0 Å². The lowest BCUT2D eigenvalue weighted by Crippen LogP contribution is -1.94. The summed E-state index contributed by atoms with van der Waals surface area (Å²) >= 11 is 16.1. The van der Waals surface area contributed by atoms with Crippen molar-refractivity contribution in [1.82, 2.24) is 0 Å². The first-order chi connectivity index (χ1) is 10.9. The summed E-state index contributed by atoms with van der Waals surface area (Å²) < 4.78 is 23.7. The van der Waals surface area contributed by atoms with Crippen LogP contribution in [0.2, 0.25) is 0 Å². The van der Waals surface area contributed by atoms with Crippen LogP contribution >= 0.6 is 39.1 Å². The molecule has 0 heterocycles. The largest absolute Gasteiger partial charge is 0.497 e. The van der Waals surface area contributed by atoms with Gasteiger partial charge in [-0.1, -0.05) is 12.1 Å². The minimum absolute atomic E-state index is 0.109. The van der Waals surface area contributed by atoms with Gasteiger partial charge in [-0.15, -0.1) is 23.2 Å². The Labute approximate surface area is 152 Å². The number of rotatable bonds is 4. The van der Waals surface area contributed by atoms with Crippen molar-refractivity contribution in [1.29, 1.82) is 0 Å². The lowest BCUT2D eigenvalue weighted by Gasteiger charge is -2.08. The molecule has 2 nitrogen and oxygen atoms in total. The average molecular weight is 420 g/mol. The molecule has 0 amide bonds. The van der Waals surface area contributed by atoms with E-state index >= 15 is 0 Å². The van der Waals surface area contributed by atoms with E-state index in [2.05, 4.69) is 15.9 Å². The lowest BCUT2D eigenvalue weighted by molar-refractivity contribution is 0.407. The Morgan fingerprint density at radius 1 is 1.00 bits per heavy atom. The third kappa shape index (κ3) is 2.92. The summed E-state index contributed by atoms with van der Waals surface area (Å²) in [6.45, 7) is 0. The number of halogens is 4. The quantitative estimate of drug-likeness (QED) is 0.595. The summed E-state index contributed by atoms with van der Waals surface area (Å²) in [7, 11) is 3.10. The fourth-order valence-corrected chi connectivity index (χ4v) is 4.15. The predicted octanol–water partition coefficient (Wildman–Crippen LogP) is 5.66. The Morgan fingerprint density at radius 3 is 2.17 bits per heavy atom. The second-order valence-corrected chi connectivity index (χ2v) is 7.66. The second-order valence-electron chi connectivity index (χ2n) is 5.42. The monoisotopic (exact) mass is 418 g/mol. The fourth-order valence-electron chi connectivity index (χ4n) is 2.88. The van der Waals surface area contributed by atoms with Crippen molar-refractivity contribution in [3.05, 3.63) is 57.8 Å². The number of hydrogen-bond donors (Lipinski definition) is 0. The van der Waals surface area contributed by atoms with Gasteiger partial charge in [0.2, 0.25) is 0 Å². The number of benzene rings is 2. The van der Waals surface area contributed by atoms with Crippen LogP contribution in [0.4, 0.5) is 4.39 Å². The van der Waals surface area contributed by atoms with Crippen molar-refractivity contribution in [3.8, 4) is 11.5 Å². The number of alkyl halides is 2. The Morgan fingerprint density at radius 2 is 1.61 bits per heavy atom. The molecule has 0 bridgehead atoms. The summed E-state index contributed by atoms with van der Waals surface area (Å²) in [5, 5.41) is 0. The summed E-state index contributed by atoms with van der Waals surface area (Å²) in [4.78, 5) is 0. The fraction of sp³-hybridized carbons (Fsp3) is 0.294. The van der Waals surface area contributed by atoms with Gasteiger partial charge in [-0.2, -0.15) is 0 Å². The normalized spacial score (nSPS) is 21.8. The summed E-state index contributed by atoms with van der Waals surface area (Å²) in [5.41, 5.74) is 1.71. The van der Waals surface area contributed by atoms with Crippen molar-refractivity contribution in [3.63, 3.8) is 0 Å². The van der Waals surface area contributed by atoms with E-state index in [1.807, 2.05) is 24.3 Å². The third-order valence-corrected chi connectivity index (χ3v) is 5.83. The van der Waals surface area contributed by atoms with Crippen molar-refractivity contribution in [2.75, 3.05) is 14.2 Å². The molecule has 1 aliphatic carbocycles. The molecule has 122 valence electrons. The average Bonchev–Trinajstić information content (AvgIpc) is 3.12. The molecule has 2 aromatic rings. The predicted molar refractivity (Wildman–Crippen MR) is 93.6 cm³/mol. The van der Waals surface area contributed by atoms with Crippen molar-refractivity contribution < 1.29 is 13.9 Å². The molecule has 0 unspecified atom stereocenters. The van der Waals surface area contributed by atoms with Crippen LogP contribution in [0.3, 0.4) is 0 Å². The summed E-state index contributed by atoms with van der Waals surface area (Å²) in [5.74, 6) is 0.475. The van der Waals surface area contributed by atoms with Crippen molar-refractivity contribution in [2.45, 2.75) is 16.2 Å². The highest BCUT2D eigenvalue weighted by Crippen LogP contribution is 2.70. The Hall–Kier alpha value is -0.970. The first-order valence-corrected chi connectivity index (χ1v) is 8.49. The minimum Gasteiger partial charge on any atom is -0.497 e. The first-order valence-electron chi connectivity index (χ1n) is 6.94. The lowest BCUT2D eigenvalue weighted by atomic mass is 10.0. The molecule has 3 rings (SSSR count). The van der Waals surface area contributed by atoms with Gasteiger partial charge in [-0.25, -0.2) is 4.39 Å². The number of hydrogen-bond acceptors (Lipinski definition) is 2. The van der Waals surface area contributed by atoms with E-state index in [-0.39, 0.29) is 11.8 Å². The van der Waals surface area contributed by atoms with Gasteiger partial charge in [0.15, 0.2) is 0 Å². The van der Waals surface area contributed by atoms with Crippen LogP contribution in [0.25, 0.3) is 0 Å². The maximum Gasteiger partial charge on any atom is 0.141 e. The third-order valence-electron chi connectivity index (χ3n) is 4.12. The van der Waals surface area contributed by atoms with Crippen LogP contribution in [0.5, 0.6) is 11.5 Å². The van der Waals surface area contributed by atoms with Crippen LogP contribution in [0.1, 0.15) is 23.0 Å². The first kappa shape index (κ1) is 16.9. The van der Waals surface area contributed by atoms with Gasteiger partial charge < -0.3 is 9.47 Å². The Bertz CT molecular complexity index is 734. The molecule has 1 aliphatic rings. The molecule has 0 aromatic heterocycles. The van der Waals surface area contributed by atoms with Gasteiger partial charge >= 0.3 is 0 Å². The van der Waals surface area contributed by atoms with Crippen LogP contribution in [0, 0.1) is 5.82 Å². The van der Waals surface area contributed by atoms with E-state index in [4.69, 9.17) is 32.7 Å². The second kappa shape index (κ2) is 6.15. The van der Waals surface area contributed by atoms with E-state index in [0.717, 1.165) is 11.3 Å². The molecule has 0 saturated heterocycles. The molecule has 0 spiro atoms. The molecule has 0 aliphatic heterocycles. The maximum absolute atomic E-state index is 14.1. The molecule has 6 heteroatoms. The van der Waals surface area contributed by atoms with E-state index in [1.165, 1.54) is 13.2 Å². The van der Waals surface area contributed by atoms with E-state index in [1.54, 1.807) is 13.2 Å². The molecule has 0 N–H and O–H groups in total. The highest BCUT2D eigenvalue weighted by Gasteiger charge is 2.64. The molecule has 0 radical (unpaired) electrons. The van der Waals surface area contributed by atoms with Gasteiger partial charge in [0.05, 0.1) is 18.7 Å². The topological polar surface area (TPSA) is 18.5 Å². The zero-order valence-corrected chi connectivity index (χ0v) is 15.5. The summed E-state index contributed by atoms with van der Waals surface area (Å²) in [6, 6.07) is 10.8. The van der Waals surface area contributed by atoms with E-state index < -0.39 is 10.2 Å². The smallest absolute Gasteiger partial charge is 0.141 e. The number of ether oxygens (including phenoxy) is 2. The maximum atomic E-state index is 14.1. The molecule has 23 heavy (non-hydrogen) atoms. The van der Waals surface area contributed by atoms with Gasteiger partial charge in [0, 0.05) is 11.8 Å². The minimum atomic E-state index is -0.972. The van der Waals surface area contributed by atoms with Crippen molar-refractivity contribution >= 4 is 39.1 Å². The SMILES string of the molecule is COc1ccc([C@@H]2[C@@H](c3cc(F)c(Br)c(OC)c3)C2(Cl)Cl)cc1. The molecule has 1 fully saturated rings. The Kier molecular flexibility index (Phi) is 4.51. The van der Waals surface area contributed by atoms with Crippen LogP contribution in [0.15, 0.2) is 40.9 Å². The highest BCUT2D eigenvalue weighted by atomic mass is 79.9. The highest BCUT2D eigenvalue weighted by molar-refractivity contribution is 9.10. The molecule has 1 saturated carbocycles. The molecule has 2 aromatic carbocycles. The van der Waals surface area contributed by atoms with E-state index in [0.29, 0.717) is 15.8 Å². The van der Waals surface area contributed by atoms with Crippen LogP contribution in [-0.2, 0) is 0 Å². The molecular weight excluding hydrogens is 406 g/mol. The van der Waals surface area contributed by atoms with Gasteiger partial charge in [-0.3, -0.25) is 0 Å². The zero-order valence-electron chi connectivity index (χ0n) is 12.4. The van der Waals surface area contributed by atoms with Crippen LogP contribution < -0.4 is 9.47 Å². The Balaban J connectivity index is 1.95. The van der Waals surface area contributed by atoms with Crippen LogP contribution in [-0.4, -0.2) is 18.6 Å².